The van der Waals surface area contributed by atoms with Crippen LogP contribution < -0.4 is 0 Å². The lowest BCUT2D eigenvalue weighted by atomic mass is 9.80. The molecular formula is C13H28O. The van der Waals surface area contributed by atoms with Crippen LogP contribution in [0.4, 0.5) is 0 Å². The highest BCUT2D eigenvalue weighted by atomic mass is 16.3. The minimum atomic E-state index is -0.141. The van der Waals surface area contributed by atoms with Crippen molar-refractivity contribution in [2.75, 3.05) is 0 Å². The lowest BCUT2D eigenvalue weighted by Gasteiger charge is -2.26. The Hall–Kier alpha value is -0.0400. The van der Waals surface area contributed by atoms with Gasteiger partial charge in [-0.1, -0.05) is 40.5 Å². The highest BCUT2D eigenvalue weighted by Crippen LogP contribution is 2.28. The molecule has 0 amide bonds. The van der Waals surface area contributed by atoms with E-state index in [2.05, 4.69) is 27.7 Å². The number of hydrogen-bond donors (Lipinski definition) is 1. The molecule has 0 saturated carbocycles. The number of rotatable bonds is 7. The van der Waals surface area contributed by atoms with Crippen LogP contribution in [0.5, 0.6) is 0 Å². The minimum absolute atomic E-state index is 0.141. The topological polar surface area (TPSA) is 20.2 Å². The maximum absolute atomic E-state index is 9.45. The second-order valence-corrected chi connectivity index (χ2v) is 4.98. The third-order valence-electron chi connectivity index (χ3n) is 3.49. The molecule has 1 nitrogen and oxygen atoms in total. The molecule has 4 unspecified atom stereocenters. The summed E-state index contributed by atoms with van der Waals surface area (Å²) in [7, 11) is 0. The molecule has 0 aromatic rings. The molecule has 0 spiro atoms. The van der Waals surface area contributed by atoms with Crippen molar-refractivity contribution in [3.63, 3.8) is 0 Å². The monoisotopic (exact) mass is 200 g/mol. The van der Waals surface area contributed by atoms with Crippen LogP contribution in [-0.4, -0.2) is 11.2 Å². The molecule has 1 heteroatoms. The largest absolute Gasteiger partial charge is 0.393 e. The van der Waals surface area contributed by atoms with Crippen LogP contribution >= 0.6 is 0 Å². The van der Waals surface area contributed by atoms with Gasteiger partial charge in [-0.3, -0.25) is 0 Å². The Labute approximate surface area is 89.9 Å². The van der Waals surface area contributed by atoms with Gasteiger partial charge in [-0.05, 0) is 37.5 Å². The molecule has 0 aliphatic carbocycles. The van der Waals surface area contributed by atoms with Gasteiger partial charge in [0, 0.05) is 0 Å². The van der Waals surface area contributed by atoms with Gasteiger partial charge in [0.05, 0.1) is 6.10 Å². The third-order valence-corrected chi connectivity index (χ3v) is 3.49. The summed E-state index contributed by atoms with van der Waals surface area (Å²) in [5.74, 6) is 2.25. The fourth-order valence-corrected chi connectivity index (χ4v) is 2.02. The maximum atomic E-state index is 9.45. The van der Waals surface area contributed by atoms with Crippen LogP contribution in [0.2, 0.25) is 0 Å². The first-order valence-electron chi connectivity index (χ1n) is 6.19. The van der Waals surface area contributed by atoms with Gasteiger partial charge in [0.2, 0.25) is 0 Å². The van der Waals surface area contributed by atoms with Crippen molar-refractivity contribution in [1.29, 1.82) is 0 Å². The molecule has 0 rings (SSSR count). The summed E-state index contributed by atoms with van der Waals surface area (Å²) in [6.07, 6.45) is 4.59. The van der Waals surface area contributed by atoms with Gasteiger partial charge in [-0.25, -0.2) is 0 Å². The molecule has 0 aromatic heterocycles. The first-order chi connectivity index (χ1) is 6.51. The van der Waals surface area contributed by atoms with E-state index in [9.17, 15) is 5.11 Å². The summed E-state index contributed by atoms with van der Waals surface area (Å²) in [6.45, 7) is 11.0. The van der Waals surface area contributed by atoms with Gasteiger partial charge in [0.15, 0.2) is 0 Å². The van der Waals surface area contributed by atoms with Crippen LogP contribution in [0.25, 0.3) is 0 Å². The molecule has 0 aliphatic rings. The summed E-state index contributed by atoms with van der Waals surface area (Å²) in [5.41, 5.74) is 0. The fourth-order valence-electron chi connectivity index (χ4n) is 2.02. The lowest BCUT2D eigenvalue weighted by Crippen LogP contribution is -2.19. The van der Waals surface area contributed by atoms with E-state index in [4.69, 9.17) is 0 Å². The van der Waals surface area contributed by atoms with Crippen molar-refractivity contribution >= 4 is 0 Å². The maximum Gasteiger partial charge on any atom is 0.0514 e. The molecule has 0 heterocycles. The van der Waals surface area contributed by atoms with Crippen LogP contribution in [-0.2, 0) is 0 Å². The van der Waals surface area contributed by atoms with E-state index in [0.717, 1.165) is 18.3 Å². The van der Waals surface area contributed by atoms with Crippen LogP contribution in [0.3, 0.4) is 0 Å². The fraction of sp³-hybridized carbons (Fsp3) is 1.00. The molecule has 14 heavy (non-hydrogen) atoms. The minimum Gasteiger partial charge on any atom is -0.393 e. The van der Waals surface area contributed by atoms with Gasteiger partial charge < -0.3 is 5.11 Å². The average molecular weight is 200 g/mol. The molecule has 0 aliphatic heterocycles. The Morgan fingerprint density at radius 2 is 1.50 bits per heavy atom. The first-order valence-corrected chi connectivity index (χ1v) is 6.19. The van der Waals surface area contributed by atoms with Crippen molar-refractivity contribution < 1.29 is 5.11 Å². The predicted molar refractivity (Wildman–Crippen MR) is 63.3 cm³/mol. The molecule has 0 saturated heterocycles. The summed E-state index contributed by atoms with van der Waals surface area (Å²) in [6, 6.07) is 0. The number of aliphatic hydroxyl groups excluding tert-OH is 1. The Morgan fingerprint density at radius 1 is 0.929 bits per heavy atom. The van der Waals surface area contributed by atoms with Crippen LogP contribution in [0.1, 0.15) is 60.3 Å². The molecule has 4 atom stereocenters. The summed E-state index contributed by atoms with van der Waals surface area (Å²) < 4.78 is 0. The zero-order valence-electron chi connectivity index (χ0n) is 10.6. The van der Waals surface area contributed by atoms with Crippen molar-refractivity contribution in [3.05, 3.63) is 0 Å². The van der Waals surface area contributed by atoms with E-state index in [-0.39, 0.29) is 6.10 Å². The molecule has 0 radical (unpaired) electrons. The summed E-state index contributed by atoms with van der Waals surface area (Å²) in [4.78, 5) is 0. The SMILES string of the molecule is CCC(C)CC(CC(C)O)C(C)CC. The van der Waals surface area contributed by atoms with Gasteiger partial charge >= 0.3 is 0 Å². The molecule has 1 N–H and O–H groups in total. The summed E-state index contributed by atoms with van der Waals surface area (Å²) in [5, 5.41) is 9.45. The third kappa shape index (κ3) is 5.64. The van der Waals surface area contributed by atoms with Crippen LogP contribution in [0.15, 0.2) is 0 Å². The van der Waals surface area contributed by atoms with Gasteiger partial charge in [0.25, 0.3) is 0 Å². The van der Waals surface area contributed by atoms with Gasteiger partial charge in [-0.15, -0.1) is 0 Å². The predicted octanol–water partition coefficient (Wildman–Crippen LogP) is 3.86. The Bertz CT molecular complexity index is 131. The highest BCUT2D eigenvalue weighted by molar-refractivity contribution is 4.70. The quantitative estimate of drug-likeness (QED) is 0.661. The first kappa shape index (κ1) is 14.0. The lowest BCUT2D eigenvalue weighted by molar-refractivity contribution is 0.129. The van der Waals surface area contributed by atoms with Crippen LogP contribution in [0, 0.1) is 17.8 Å². The average Bonchev–Trinajstić information content (AvgIpc) is 2.14. The van der Waals surface area contributed by atoms with Crippen molar-refractivity contribution in [1.82, 2.24) is 0 Å². The molecule has 0 aromatic carbocycles. The number of hydrogen-bond acceptors (Lipinski definition) is 1. The highest BCUT2D eigenvalue weighted by Gasteiger charge is 2.19. The van der Waals surface area contributed by atoms with E-state index >= 15 is 0 Å². The molecule has 86 valence electrons. The Kier molecular flexibility index (Phi) is 7.26. The van der Waals surface area contributed by atoms with E-state index in [1.165, 1.54) is 19.3 Å². The van der Waals surface area contributed by atoms with Crippen molar-refractivity contribution in [2.45, 2.75) is 66.4 Å². The number of aliphatic hydroxyl groups is 1. The standard InChI is InChI=1S/C13H28O/c1-6-10(3)8-13(9-12(5)14)11(4)7-2/h10-14H,6-9H2,1-5H3. The smallest absolute Gasteiger partial charge is 0.0514 e. The zero-order chi connectivity index (χ0) is 11.1. The van der Waals surface area contributed by atoms with E-state index < -0.39 is 0 Å². The summed E-state index contributed by atoms with van der Waals surface area (Å²) >= 11 is 0. The Balaban J connectivity index is 4.09. The van der Waals surface area contributed by atoms with Gasteiger partial charge in [-0.2, -0.15) is 0 Å². The molecule has 0 fully saturated rings. The zero-order valence-corrected chi connectivity index (χ0v) is 10.6. The second-order valence-electron chi connectivity index (χ2n) is 4.98. The van der Waals surface area contributed by atoms with E-state index in [0.29, 0.717) is 5.92 Å². The normalized spacial score (nSPS) is 20.1. The van der Waals surface area contributed by atoms with E-state index in [1.807, 2.05) is 6.92 Å². The second kappa shape index (κ2) is 7.28. The van der Waals surface area contributed by atoms with Crippen molar-refractivity contribution in [2.24, 2.45) is 17.8 Å². The Morgan fingerprint density at radius 3 is 1.86 bits per heavy atom. The van der Waals surface area contributed by atoms with Gasteiger partial charge in [0.1, 0.15) is 0 Å². The van der Waals surface area contributed by atoms with E-state index in [1.54, 1.807) is 0 Å². The van der Waals surface area contributed by atoms with Crippen molar-refractivity contribution in [3.8, 4) is 0 Å². The molecular weight excluding hydrogens is 172 g/mol. The molecule has 0 bridgehead atoms.